The van der Waals surface area contributed by atoms with E-state index in [9.17, 15) is 14.4 Å². The van der Waals surface area contributed by atoms with Crippen molar-refractivity contribution in [1.29, 1.82) is 0 Å². The van der Waals surface area contributed by atoms with Crippen molar-refractivity contribution >= 4 is 17.9 Å². The van der Waals surface area contributed by atoms with Crippen molar-refractivity contribution in [3.05, 3.63) is 174 Å². The van der Waals surface area contributed by atoms with Crippen LogP contribution in [0.2, 0.25) is 0 Å². The normalized spacial score (nSPS) is 10.8. The van der Waals surface area contributed by atoms with E-state index in [1.54, 1.807) is 36.4 Å². The number of hydrogen-bond donors (Lipinski definition) is 0. The van der Waals surface area contributed by atoms with Gasteiger partial charge in [0.2, 0.25) is 0 Å². The van der Waals surface area contributed by atoms with Crippen LogP contribution in [0.25, 0.3) is 22.3 Å². The average Bonchev–Trinajstić information content (AvgIpc) is 3.36. The highest BCUT2D eigenvalue weighted by Crippen LogP contribution is 2.31. The highest BCUT2D eigenvalue weighted by molar-refractivity contribution is 5.97. The monoisotopic (exact) mass is 900 g/mol. The van der Waals surface area contributed by atoms with Crippen molar-refractivity contribution in [3.8, 4) is 51.0 Å². The number of benzene rings is 6. The first-order valence-corrected chi connectivity index (χ1v) is 23.9. The summed E-state index contributed by atoms with van der Waals surface area (Å²) in [4.78, 5) is 39.6. The molecule has 6 aromatic carbocycles. The Morgan fingerprint density at radius 2 is 0.925 bits per heavy atom. The largest absolute Gasteiger partial charge is 0.494 e. The van der Waals surface area contributed by atoms with Crippen molar-refractivity contribution in [2.24, 2.45) is 0 Å². The lowest BCUT2D eigenvalue weighted by Gasteiger charge is -2.12. The number of carbonyl (C=O) groups excluding carboxylic acids is 3. The minimum absolute atomic E-state index is 0.0913. The lowest BCUT2D eigenvalue weighted by Crippen LogP contribution is -2.13. The summed E-state index contributed by atoms with van der Waals surface area (Å²) >= 11 is 0. The van der Waals surface area contributed by atoms with Gasteiger partial charge < -0.3 is 23.7 Å². The smallest absolute Gasteiger partial charge is 0.343 e. The fourth-order valence-electron chi connectivity index (χ4n) is 7.76. The molecule has 0 aliphatic heterocycles. The zero-order chi connectivity index (χ0) is 47.1. The summed E-state index contributed by atoms with van der Waals surface area (Å²) in [7, 11) is 1.41. The number of esters is 3. The van der Waals surface area contributed by atoms with E-state index in [1.165, 1.54) is 120 Å². The second-order valence-corrected chi connectivity index (χ2v) is 16.8. The Labute approximate surface area is 396 Å². The van der Waals surface area contributed by atoms with E-state index >= 15 is 0 Å². The van der Waals surface area contributed by atoms with Crippen LogP contribution in [-0.4, -0.2) is 31.6 Å². The zero-order valence-electron chi connectivity index (χ0n) is 39.1. The van der Waals surface area contributed by atoms with Gasteiger partial charge in [0.15, 0.2) is 11.5 Å². The first-order chi connectivity index (χ1) is 32.8. The van der Waals surface area contributed by atoms with Crippen LogP contribution < -0.4 is 23.7 Å². The summed E-state index contributed by atoms with van der Waals surface area (Å²) < 4.78 is 28.4. The second kappa shape index (κ2) is 26.9. The van der Waals surface area contributed by atoms with Gasteiger partial charge in [-0.2, -0.15) is 0 Å². The fraction of sp³-hybridized carbons (Fsp3) is 0.305. The second-order valence-electron chi connectivity index (χ2n) is 16.8. The molecular weight excluding hydrogens is 837 g/mol. The van der Waals surface area contributed by atoms with Crippen LogP contribution >= 0.6 is 0 Å². The van der Waals surface area contributed by atoms with Crippen molar-refractivity contribution in [3.63, 3.8) is 0 Å². The van der Waals surface area contributed by atoms with Gasteiger partial charge >= 0.3 is 17.9 Å². The van der Waals surface area contributed by atoms with E-state index in [0.717, 1.165) is 47.3 Å². The first kappa shape index (κ1) is 49.5. The summed E-state index contributed by atoms with van der Waals surface area (Å²) in [5.41, 5.74) is 5.93. The molecule has 0 amide bonds. The number of rotatable bonds is 27. The molecule has 0 spiro atoms. The summed E-state index contributed by atoms with van der Waals surface area (Å²) in [5.74, 6) is -0.111. The predicted molar refractivity (Wildman–Crippen MR) is 268 cm³/mol. The van der Waals surface area contributed by atoms with Gasteiger partial charge in [-0.25, -0.2) is 14.4 Å². The van der Waals surface area contributed by atoms with Gasteiger partial charge in [-0.3, -0.25) is 0 Å². The van der Waals surface area contributed by atoms with E-state index in [-0.39, 0.29) is 28.2 Å². The Morgan fingerprint density at radius 1 is 0.463 bits per heavy atom. The molecule has 8 heteroatoms. The summed E-state index contributed by atoms with van der Waals surface area (Å²) in [6, 6.07) is 41.7. The highest BCUT2D eigenvalue weighted by atomic mass is 16.6. The van der Waals surface area contributed by atoms with Crippen molar-refractivity contribution in [2.75, 3.05) is 13.7 Å². The van der Waals surface area contributed by atoms with Crippen molar-refractivity contribution in [2.45, 2.75) is 103 Å². The van der Waals surface area contributed by atoms with E-state index < -0.39 is 17.9 Å². The SMILES string of the molecule is C=CCCCCCCCCCOc1ccc(-c2ccc(OC(=O)c3cccc(C(=O)Oc4ccc(C(=O)Oc5ccc(-c6ccc(CCCCCCCC)cc6)cc5)cc4OC)c3)cc2)cc1. The summed E-state index contributed by atoms with van der Waals surface area (Å²) in [6.45, 7) is 6.73. The fourth-order valence-corrected chi connectivity index (χ4v) is 7.76. The molecule has 0 fully saturated rings. The standard InChI is InChI=1S/C59H64O8/c1-4-6-8-10-12-13-14-16-18-41-64-52-34-27-46(28-35-52)48-31-38-53(39-32-48)65-57(60)49-21-19-22-50(42-49)59(62)67-55-40-33-51(43-56(55)63-3)58(61)66-54-36-29-47(30-37-54)45-25-23-44(24-26-45)20-17-15-11-9-7-5-2/h4,19,21-40,42-43H,1,5-18,20,41H2,2-3H3. The van der Waals surface area contributed by atoms with Crippen LogP contribution in [0.3, 0.4) is 0 Å². The molecule has 0 saturated carbocycles. The Hall–Kier alpha value is -6.93. The molecule has 0 atom stereocenters. The van der Waals surface area contributed by atoms with E-state index in [4.69, 9.17) is 23.7 Å². The van der Waals surface area contributed by atoms with Gasteiger partial charge in [0.05, 0.1) is 30.4 Å². The van der Waals surface area contributed by atoms with Gasteiger partial charge in [-0.05, 0) is 133 Å². The molecule has 6 aromatic rings. The van der Waals surface area contributed by atoms with Crippen molar-refractivity contribution < 1.29 is 38.1 Å². The summed E-state index contributed by atoms with van der Waals surface area (Å²) in [5, 5.41) is 0. The maximum absolute atomic E-state index is 13.3. The Morgan fingerprint density at radius 3 is 1.46 bits per heavy atom. The van der Waals surface area contributed by atoms with Gasteiger partial charge in [-0.1, -0.05) is 144 Å². The lowest BCUT2D eigenvalue weighted by molar-refractivity contribution is 0.0724. The van der Waals surface area contributed by atoms with E-state index in [2.05, 4.69) is 37.8 Å². The minimum Gasteiger partial charge on any atom is -0.494 e. The van der Waals surface area contributed by atoms with Crippen LogP contribution in [-0.2, 0) is 6.42 Å². The van der Waals surface area contributed by atoms with Crippen LogP contribution in [0.1, 0.15) is 133 Å². The average molecular weight is 901 g/mol. The molecule has 0 aliphatic rings. The topological polar surface area (TPSA) is 97.4 Å². The number of carbonyl (C=O) groups is 3. The Kier molecular flexibility index (Phi) is 19.9. The molecule has 0 bridgehead atoms. The van der Waals surface area contributed by atoms with Crippen LogP contribution in [0.15, 0.2) is 152 Å². The Balaban J connectivity index is 0.951. The molecule has 0 aliphatic carbocycles. The van der Waals surface area contributed by atoms with Gasteiger partial charge in [0.1, 0.15) is 17.2 Å². The molecule has 0 N–H and O–H groups in total. The van der Waals surface area contributed by atoms with Gasteiger partial charge in [-0.15, -0.1) is 6.58 Å². The van der Waals surface area contributed by atoms with Crippen molar-refractivity contribution in [1.82, 2.24) is 0 Å². The molecule has 0 heterocycles. The Bertz CT molecular complexity index is 2470. The lowest BCUT2D eigenvalue weighted by atomic mass is 10.0. The third kappa shape index (κ3) is 15.9. The quantitative estimate of drug-likeness (QED) is 0.0218. The number of methoxy groups -OCH3 is 1. The highest BCUT2D eigenvalue weighted by Gasteiger charge is 2.19. The van der Waals surface area contributed by atoms with Crippen LogP contribution in [0, 0.1) is 0 Å². The number of allylic oxidation sites excluding steroid dienone is 1. The molecule has 67 heavy (non-hydrogen) atoms. The first-order valence-electron chi connectivity index (χ1n) is 23.9. The summed E-state index contributed by atoms with van der Waals surface area (Å²) in [6.07, 6.45) is 20.4. The van der Waals surface area contributed by atoms with Crippen LogP contribution in [0.4, 0.5) is 0 Å². The molecule has 0 radical (unpaired) electrons. The van der Waals surface area contributed by atoms with Crippen LogP contribution in [0.5, 0.6) is 28.7 Å². The third-order valence-corrected chi connectivity index (χ3v) is 11.7. The molecule has 0 saturated heterocycles. The minimum atomic E-state index is -0.724. The van der Waals surface area contributed by atoms with E-state index in [1.807, 2.05) is 54.6 Å². The maximum Gasteiger partial charge on any atom is 0.343 e. The number of ether oxygens (including phenoxy) is 5. The third-order valence-electron chi connectivity index (χ3n) is 11.7. The molecule has 8 nitrogen and oxygen atoms in total. The molecule has 0 unspecified atom stereocenters. The maximum atomic E-state index is 13.3. The predicted octanol–water partition coefficient (Wildman–Crippen LogP) is 15.3. The number of aryl methyl sites for hydroxylation is 1. The van der Waals surface area contributed by atoms with Gasteiger partial charge in [0.25, 0.3) is 0 Å². The van der Waals surface area contributed by atoms with Gasteiger partial charge in [0, 0.05) is 0 Å². The molecule has 0 aromatic heterocycles. The zero-order valence-corrected chi connectivity index (χ0v) is 39.1. The molecular formula is C59H64O8. The number of unbranched alkanes of at least 4 members (excludes halogenated alkanes) is 12. The molecule has 348 valence electrons. The number of hydrogen-bond acceptors (Lipinski definition) is 8. The molecule has 6 rings (SSSR count). The van der Waals surface area contributed by atoms with E-state index in [0.29, 0.717) is 18.1 Å².